The first-order chi connectivity index (χ1) is 10.2. The average molecular weight is 306 g/mol. The zero-order chi connectivity index (χ0) is 16.8. The van der Waals surface area contributed by atoms with Gasteiger partial charge in [0.1, 0.15) is 0 Å². The van der Waals surface area contributed by atoms with E-state index in [0.29, 0.717) is 13.2 Å². The van der Waals surface area contributed by atoms with Crippen LogP contribution in [0.5, 0.6) is 0 Å². The first-order valence-corrected chi connectivity index (χ1v) is 7.98. The van der Waals surface area contributed by atoms with Gasteiger partial charge in [0.05, 0.1) is 18.2 Å². The molecule has 3 N–H and O–H groups in total. The summed E-state index contributed by atoms with van der Waals surface area (Å²) in [6.45, 7) is 11.2. The van der Waals surface area contributed by atoms with Gasteiger partial charge in [-0.2, -0.15) is 0 Å². The summed E-state index contributed by atoms with van der Waals surface area (Å²) >= 11 is 0. The molecule has 1 rings (SSSR count). The summed E-state index contributed by atoms with van der Waals surface area (Å²) in [4.78, 5) is 12.0. The van der Waals surface area contributed by atoms with Gasteiger partial charge in [-0.3, -0.25) is 4.79 Å². The minimum Gasteiger partial charge on any atom is -0.371 e. The quantitative estimate of drug-likeness (QED) is 0.814. The number of amides is 1. The number of hydrogen-bond acceptors (Lipinski definition) is 3. The van der Waals surface area contributed by atoms with E-state index in [9.17, 15) is 4.79 Å². The molecule has 2 atom stereocenters. The molecule has 0 spiro atoms. The first kappa shape index (κ1) is 18.7. The number of hydrogen-bond donors (Lipinski definition) is 2. The predicted molar refractivity (Wildman–Crippen MR) is 90.3 cm³/mol. The summed E-state index contributed by atoms with van der Waals surface area (Å²) in [6.07, 6.45) is 0.897. The van der Waals surface area contributed by atoms with Crippen LogP contribution in [-0.4, -0.2) is 17.6 Å². The van der Waals surface area contributed by atoms with E-state index in [4.69, 9.17) is 10.5 Å². The van der Waals surface area contributed by atoms with Crippen molar-refractivity contribution in [1.29, 1.82) is 0 Å². The second-order valence-corrected chi connectivity index (χ2v) is 6.85. The molecule has 4 heteroatoms. The highest BCUT2D eigenvalue weighted by molar-refractivity contribution is 5.81. The van der Waals surface area contributed by atoms with Crippen LogP contribution >= 0.6 is 0 Å². The van der Waals surface area contributed by atoms with Gasteiger partial charge in [-0.1, -0.05) is 44.5 Å². The fourth-order valence-corrected chi connectivity index (χ4v) is 1.95. The third kappa shape index (κ3) is 6.58. The van der Waals surface area contributed by atoms with E-state index in [0.717, 1.165) is 17.5 Å². The van der Waals surface area contributed by atoms with Crippen molar-refractivity contribution >= 4 is 5.91 Å². The summed E-state index contributed by atoms with van der Waals surface area (Å²) in [5.41, 5.74) is 7.93. The summed E-state index contributed by atoms with van der Waals surface area (Å²) < 4.78 is 5.77. The molecule has 0 bridgehead atoms. The number of nitrogens with one attached hydrogen (secondary N) is 1. The second-order valence-electron chi connectivity index (χ2n) is 6.85. The highest BCUT2D eigenvalue weighted by Gasteiger charge is 2.18. The molecule has 2 unspecified atom stereocenters. The van der Waals surface area contributed by atoms with Crippen molar-refractivity contribution < 1.29 is 9.53 Å². The lowest BCUT2D eigenvalue weighted by Gasteiger charge is -2.20. The standard InChI is InChI=1S/C18H30N2O2/c1-6-13(2)16(19)17(21)20-11-14-8-7-9-15(10-14)12-22-18(3,4)5/h7-10,13,16H,6,11-12,19H2,1-5H3,(H,20,21). The maximum atomic E-state index is 12.0. The fourth-order valence-electron chi connectivity index (χ4n) is 1.95. The number of benzene rings is 1. The van der Waals surface area contributed by atoms with E-state index in [2.05, 4.69) is 11.4 Å². The third-order valence-corrected chi connectivity index (χ3v) is 3.69. The maximum absolute atomic E-state index is 12.0. The van der Waals surface area contributed by atoms with Crippen LogP contribution in [0.25, 0.3) is 0 Å². The van der Waals surface area contributed by atoms with Gasteiger partial charge in [0, 0.05) is 6.54 Å². The molecule has 22 heavy (non-hydrogen) atoms. The number of ether oxygens (including phenoxy) is 1. The Morgan fingerprint density at radius 3 is 2.55 bits per heavy atom. The van der Waals surface area contributed by atoms with Crippen LogP contribution in [-0.2, 0) is 22.7 Å². The number of carbonyl (C=O) groups excluding carboxylic acids is 1. The minimum atomic E-state index is -0.447. The Morgan fingerprint density at radius 2 is 1.95 bits per heavy atom. The van der Waals surface area contributed by atoms with E-state index in [-0.39, 0.29) is 17.4 Å². The van der Waals surface area contributed by atoms with E-state index in [1.807, 2.05) is 52.8 Å². The molecule has 0 aliphatic heterocycles. The molecule has 1 aromatic carbocycles. The molecule has 124 valence electrons. The normalized spacial score (nSPS) is 14.5. The van der Waals surface area contributed by atoms with Crippen LogP contribution in [0, 0.1) is 5.92 Å². The van der Waals surface area contributed by atoms with Gasteiger partial charge in [0.25, 0.3) is 0 Å². The van der Waals surface area contributed by atoms with Crippen molar-refractivity contribution in [2.24, 2.45) is 11.7 Å². The lowest BCUT2D eigenvalue weighted by Crippen LogP contribution is -2.44. The Bertz CT molecular complexity index is 480. The molecule has 1 aromatic rings. The molecule has 0 saturated heterocycles. The Labute approximate surface area is 134 Å². The molecule has 0 aromatic heterocycles. The third-order valence-electron chi connectivity index (χ3n) is 3.69. The summed E-state index contributed by atoms with van der Waals surface area (Å²) in [5, 5.41) is 2.91. The first-order valence-electron chi connectivity index (χ1n) is 7.98. The van der Waals surface area contributed by atoms with Gasteiger partial charge in [-0.15, -0.1) is 0 Å². The lowest BCUT2D eigenvalue weighted by molar-refractivity contribution is -0.123. The van der Waals surface area contributed by atoms with E-state index >= 15 is 0 Å². The van der Waals surface area contributed by atoms with Gasteiger partial charge < -0.3 is 15.8 Å². The topological polar surface area (TPSA) is 64.4 Å². The van der Waals surface area contributed by atoms with E-state index < -0.39 is 6.04 Å². The summed E-state index contributed by atoms with van der Waals surface area (Å²) in [5.74, 6) is 0.0946. The molecule has 1 amide bonds. The zero-order valence-electron chi connectivity index (χ0n) is 14.5. The van der Waals surface area contributed by atoms with E-state index in [1.165, 1.54) is 0 Å². The molecule has 4 nitrogen and oxygen atoms in total. The maximum Gasteiger partial charge on any atom is 0.237 e. The molecule has 0 radical (unpaired) electrons. The van der Waals surface area contributed by atoms with Crippen molar-refractivity contribution in [3.63, 3.8) is 0 Å². The zero-order valence-corrected chi connectivity index (χ0v) is 14.5. The van der Waals surface area contributed by atoms with Crippen molar-refractivity contribution in [1.82, 2.24) is 5.32 Å². The molecule has 0 aliphatic carbocycles. The molecule has 0 fully saturated rings. The van der Waals surface area contributed by atoms with Crippen LogP contribution in [0.2, 0.25) is 0 Å². The monoisotopic (exact) mass is 306 g/mol. The second kappa shape index (κ2) is 8.30. The van der Waals surface area contributed by atoms with Crippen LogP contribution in [0.15, 0.2) is 24.3 Å². The van der Waals surface area contributed by atoms with Gasteiger partial charge in [0.2, 0.25) is 5.91 Å². The average Bonchev–Trinajstić information content (AvgIpc) is 2.48. The largest absolute Gasteiger partial charge is 0.371 e. The smallest absolute Gasteiger partial charge is 0.237 e. The molecular weight excluding hydrogens is 276 g/mol. The lowest BCUT2D eigenvalue weighted by atomic mass is 9.99. The van der Waals surface area contributed by atoms with Crippen molar-refractivity contribution in [2.75, 3.05) is 0 Å². The number of rotatable bonds is 7. The van der Waals surface area contributed by atoms with Gasteiger partial charge >= 0.3 is 0 Å². The highest BCUT2D eigenvalue weighted by Crippen LogP contribution is 2.13. The molecule has 0 aliphatic rings. The number of carbonyl (C=O) groups is 1. The van der Waals surface area contributed by atoms with Crippen molar-refractivity contribution in [2.45, 2.75) is 65.8 Å². The Kier molecular flexibility index (Phi) is 7.04. The van der Waals surface area contributed by atoms with Gasteiger partial charge in [-0.25, -0.2) is 0 Å². The van der Waals surface area contributed by atoms with E-state index in [1.54, 1.807) is 0 Å². The fraction of sp³-hybridized carbons (Fsp3) is 0.611. The van der Waals surface area contributed by atoms with Gasteiger partial charge in [0.15, 0.2) is 0 Å². The van der Waals surface area contributed by atoms with Crippen LogP contribution < -0.4 is 11.1 Å². The van der Waals surface area contributed by atoms with Crippen LogP contribution in [0.4, 0.5) is 0 Å². The minimum absolute atomic E-state index is 0.0919. The predicted octanol–water partition coefficient (Wildman–Crippen LogP) is 2.99. The highest BCUT2D eigenvalue weighted by atomic mass is 16.5. The Balaban J connectivity index is 2.54. The van der Waals surface area contributed by atoms with Crippen molar-refractivity contribution in [3.8, 4) is 0 Å². The summed E-state index contributed by atoms with van der Waals surface area (Å²) in [7, 11) is 0. The number of nitrogens with two attached hydrogens (primary N) is 1. The molecule has 0 saturated carbocycles. The Hall–Kier alpha value is -1.39. The molecular formula is C18H30N2O2. The van der Waals surface area contributed by atoms with Crippen LogP contribution in [0.1, 0.15) is 52.2 Å². The Morgan fingerprint density at radius 1 is 1.32 bits per heavy atom. The molecule has 0 heterocycles. The van der Waals surface area contributed by atoms with Gasteiger partial charge in [-0.05, 0) is 37.8 Å². The van der Waals surface area contributed by atoms with Crippen LogP contribution in [0.3, 0.4) is 0 Å². The summed E-state index contributed by atoms with van der Waals surface area (Å²) in [6, 6.07) is 7.62. The SMILES string of the molecule is CCC(C)C(N)C(=O)NCc1cccc(COC(C)(C)C)c1. The van der Waals surface area contributed by atoms with Crippen molar-refractivity contribution in [3.05, 3.63) is 35.4 Å².